The van der Waals surface area contributed by atoms with E-state index in [4.69, 9.17) is 0 Å². The summed E-state index contributed by atoms with van der Waals surface area (Å²) in [5.74, 6) is -1.25. The molecule has 0 saturated carbocycles. The van der Waals surface area contributed by atoms with Crippen LogP contribution in [0.2, 0.25) is 0 Å². The number of nitrogens with zero attached hydrogens (tertiary/aromatic N) is 1. The Kier molecular flexibility index (Phi) is 3.74. The quantitative estimate of drug-likeness (QED) is 0.829. The Balaban J connectivity index is 2.37. The molecule has 0 aliphatic carbocycles. The van der Waals surface area contributed by atoms with Gasteiger partial charge in [0.25, 0.3) is 5.91 Å². The third-order valence-electron chi connectivity index (χ3n) is 3.21. The molecule has 1 heterocycles. The van der Waals surface area contributed by atoms with Crippen LogP contribution in [0, 0.1) is 5.82 Å². The summed E-state index contributed by atoms with van der Waals surface area (Å²) in [6, 6.07) is 5.01. The number of carbonyl (C=O) groups excluding carboxylic acids is 2. The summed E-state index contributed by atoms with van der Waals surface area (Å²) in [6.07, 6.45) is 0. The maximum absolute atomic E-state index is 12.9. The molecule has 0 saturated heterocycles. The van der Waals surface area contributed by atoms with E-state index >= 15 is 0 Å². The van der Waals surface area contributed by atoms with Crippen LogP contribution in [0.25, 0.3) is 0 Å². The van der Waals surface area contributed by atoms with Gasteiger partial charge in [0.05, 0.1) is 7.11 Å². The number of hydrogen-bond donors (Lipinski definition) is 1. The molecule has 2 rings (SSSR count). The number of hydrogen-bond acceptors (Lipinski definition) is 4. The molecule has 1 N–H and O–H groups in total. The van der Waals surface area contributed by atoms with E-state index in [0.29, 0.717) is 11.3 Å². The molecule has 20 heavy (non-hydrogen) atoms. The van der Waals surface area contributed by atoms with Crippen LogP contribution in [0.5, 0.6) is 0 Å². The van der Waals surface area contributed by atoms with E-state index in [1.54, 1.807) is 6.92 Å². The van der Waals surface area contributed by atoms with E-state index < -0.39 is 12.0 Å². The van der Waals surface area contributed by atoms with Crippen LogP contribution >= 0.6 is 0 Å². The van der Waals surface area contributed by atoms with Crippen molar-refractivity contribution in [1.82, 2.24) is 10.2 Å². The van der Waals surface area contributed by atoms with Gasteiger partial charge in [0, 0.05) is 12.7 Å². The Hall–Kier alpha value is -2.37. The fourth-order valence-corrected chi connectivity index (χ4v) is 2.17. The number of methoxy groups -OCH3 is 1. The molecule has 106 valence electrons. The van der Waals surface area contributed by atoms with E-state index in [1.807, 2.05) is 0 Å². The number of allylic oxidation sites excluding steroid dienone is 1. The zero-order chi connectivity index (χ0) is 14.9. The second-order valence-electron chi connectivity index (χ2n) is 4.49. The standard InChI is InChI=1S/C14H15FN2O3/c1-8-12(14(19)20-3)17(2)13(18)11(16-8)9-4-6-10(15)7-5-9/h4-7,11,16H,1-3H3. The summed E-state index contributed by atoms with van der Waals surface area (Å²) in [4.78, 5) is 25.2. The minimum atomic E-state index is -0.644. The number of nitrogens with one attached hydrogen (secondary N) is 1. The molecule has 1 aliphatic rings. The van der Waals surface area contributed by atoms with Gasteiger partial charge in [0.15, 0.2) is 0 Å². The number of likely N-dealkylation sites (N-methyl/N-ethyl adjacent to an activating group) is 1. The first-order valence-electron chi connectivity index (χ1n) is 6.04. The number of ether oxygens (including phenoxy) is 1. The maximum atomic E-state index is 12.9. The minimum absolute atomic E-state index is 0.177. The topological polar surface area (TPSA) is 58.6 Å². The first kappa shape index (κ1) is 14.0. The van der Waals surface area contributed by atoms with Crippen LogP contribution in [0.4, 0.5) is 4.39 Å². The Morgan fingerprint density at radius 3 is 2.50 bits per heavy atom. The zero-order valence-corrected chi connectivity index (χ0v) is 11.4. The van der Waals surface area contributed by atoms with E-state index in [1.165, 1.54) is 43.3 Å². The molecule has 5 nitrogen and oxygen atoms in total. The van der Waals surface area contributed by atoms with Crippen molar-refractivity contribution >= 4 is 11.9 Å². The molecule has 1 aromatic carbocycles. The molecule has 1 unspecified atom stereocenters. The van der Waals surface area contributed by atoms with Gasteiger partial charge in [-0.2, -0.15) is 0 Å². The number of rotatable bonds is 2. The van der Waals surface area contributed by atoms with Crippen molar-refractivity contribution in [3.05, 3.63) is 47.0 Å². The molecule has 1 atom stereocenters. The average molecular weight is 278 g/mol. The lowest BCUT2D eigenvalue weighted by atomic mass is 10.0. The lowest BCUT2D eigenvalue weighted by Crippen LogP contribution is -2.46. The van der Waals surface area contributed by atoms with Crippen LogP contribution < -0.4 is 5.32 Å². The number of amides is 1. The van der Waals surface area contributed by atoms with Gasteiger partial charge >= 0.3 is 5.97 Å². The summed E-state index contributed by atoms with van der Waals surface area (Å²) in [5, 5.41) is 2.96. The molecule has 1 amide bonds. The highest BCUT2D eigenvalue weighted by atomic mass is 19.1. The molecular formula is C14H15FN2O3. The number of carbonyl (C=O) groups is 2. The van der Waals surface area contributed by atoms with E-state index in [-0.39, 0.29) is 17.4 Å². The molecule has 1 aromatic rings. The second kappa shape index (κ2) is 5.32. The third-order valence-corrected chi connectivity index (χ3v) is 3.21. The smallest absolute Gasteiger partial charge is 0.356 e. The van der Waals surface area contributed by atoms with Crippen molar-refractivity contribution < 1.29 is 18.7 Å². The molecule has 6 heteroatoms. The van der Waals surface area contributed by atoms with Crippen molar-refractivity contribution in [3.8, 4) is 0 Å². The molecule has 0 bridgehead atoms. The van der Waals surface area contributed by atoms with Gasteiger partial charge < -0.3 is 15.0 Å². The van der Waals surface area contributed by atoms with Crippen molar-refractivity contribution in [3.63, 3.8) is 0 Å². The van der Waals surface area contributed by atoms with E-state index in [9.17, 15) is 14.0 Å². The molecule has 0 radical (unpaired) electrons. The number of esters is 1. The molecule has 0 fully saturated rings. The minimum Gasteiger partial charge on any atom is -0.464 e. The first-order chi connectivity index (χ1) is 9.45. The molecular weight excluding hydrogens is 263 g/mol. The fourth-order valence-electron chi connectivity index (χ4n) is 2.17. The average Bonchev–Trinajstić information content (AvgIpc) is 2.43. The normalized spacial score (nSPS) is 18.9. The van der Waals surface area contributed by atoms with Crippen LogP contribution in [0.15, 0.2) is 35.7 Å². The van der Waals surface area contributed by atoms with E-state index in [2.05, 4.69) is 10.1 Å². The van der Waals surface area contributed by atoms with Crippen molar-refractivity contribution in [2.24, 2.45) is 0 Å². The fraction of sp³-hybridized carbons (Fsp3) is 0.286. The predicted molar refractivity (Wildman–Crippen MR) is 69.8 cm³/mol. The Labute approximate surface area is 116 Å². The van der Waals surface area contributed by atoms with Gasteiger partial charge in [-0.3, -0.25) is 4.79 Å². The third kappa shape index (κ3) is 2.36. The molecule has 0 spiro atoms. The predicted octanol–water partition coefficient (Wildman–Crippen LogP) is 1.33. The Morgan fingerprint density at radius 1 is 1.35 bits per heavy atom. The monoisotopic (exact) mass is 278 g/mol. The van der Waals surface area contributed by atoms with Crippen molar-refractivity contribution in [2.45, 2.75) is 13.0 Å². The van der Waals surface area contributed by atoms with Gasteiger partial charge in [0.1, 0.15) is 17.6 Å². The highest BCUT2D eigenvalue weighted by Crippen LogP contribution is 2.25. The maximum Gasteiger partial charge on any atom is 0.356 e. The van der Waals surface area contributed by atoms with Crippen LogP contribution in [-0.2, 0) is 14.3 Å². The van der Waals surface area contributed by atoms with Crippen molar-refractivity contribution in [2.75, 3.05) is 14.2 Å². The van der Waals surface area contributed by atoms with Crippen molar-refractivity contribution in [1.29, 1.82) is 0 Å². The van der Waals surface area contributed by atoms with Crippen LogP contribution in [-0.4, -0.2) is 30.9 Å². The zero-order valence-electron chi connectivity index (χ0n) is 11.4. The highest BCUT2D eigenvalue weighted by molar-refractivity contribution is 5.97. The number of halogens is 1. The van der Waals surface area contributed by atoms with Gasteiger partial charge in [-0.15, -0.1) is 0 Å². The van der Waals surface area contributed by atoms with Crippen LogP contribution in [0.1, 0.15) is 18.5 Å². The van der Waals surface area contributed by atoms with Gasteiger partial charge in [0.2, 0.25) is 0 Å². The van der Waals surface area contributed by atoms with Gasteiger partial charge in [-0.25, -0.2) is 9.18 Å². The van der Waals surface area contributed by atoms with Gasteiger partial charge in [-0.05, 0) is 24.6 Å². The SMILES string of the molecule is COC(=O)C1=C(C)NC(c2ccc(F)cc2)C(=O)N1C. The Morgan fingerprint density at radius 2 is 1.95 bits per heavy atom. The first-order valence-corrected chi connectivity index (χ1v) is 6.04. The molecule has 1 aliphatic heterocycles. The lowest BCUT2D eigenvalue weighted by Gasteiger charge is -2.33. The largest absolute Gasteiger partial charge is 0.464 e. The van der Waals surface area contributed by atoms with Gasteiger partial charge in [-0.1, -0.05) is 12.1 Å². The summed E-state index contributed by atoms with van der Waals surface area (Å²) < 4.78 is 17.6. The lowest BCUT2D eigenvalue weighted by molar-refractivity contribution is -0.143. The molecule has 0 aromatic heterocycles. The number of benzene rings is 1. The second-order valence-corrected chi connectivity index (χ2v) is 4.49. The summed E-state index contributed by atoms with van der Waals surface area (Å²) in [7, 11) is 2.77. The highest BCUT2D eigenvalue weighted by Gasteiger charge is 2.35. The summed E-state index contributed by atoms with van der Waals surface area (Å²) in [5.41, 5.74) is 1.34. The van der Waals surface area contributed by atoms with Crippen LogP contribution in [0.3, 0.4) is 0 Å². The summed E-state index contributed by atoms with van der Waals surface area (Å²) in [6.45, 7) is 1.69. The summed E-state index contributed by atoms with van der Waals surface area (Å²) >= 11 is 0. The van der Waals surface area contributed by atoms with E-state index in [0.717, 1.165) is 0 Å². The Bertz CT molecular complexity index is 581.